The average molecular weight is 272 g/mol. The summed E-state index contributed by atoms with van der Waals surface area (Å²) in [5.41, 5.74) is 0. The van der Waals surface area contributed by atoms with E-state index in [-0.39, 0.29) is 24.2 Å². The summed E-state index contributed by atoms with van der Waals surface area (Å²) in [7, 11) is 0. The SMILES string of the molecule is CC[C@H](C)[C@H](NC(=O)N1CC(C)OC(C)C1)C(=O)O. The number of ether oxygens (including phenoxy) is 1. The van der Waals surface area contributed by atoms with Crippen molar-refractivity contribution in [3.63, 3.8) is 0 Å². The van der Waals surface area contributed by atoms with Crippen LogP contribution < -0.4 is 5.32 Å². The summed E-state index contributed by atoms with van der Waals surface area (Å²) in [5, 5.41) is 11.8. The van der Waals surface area contributed by atoms with Gasteiger partial charge in [-0.15, -0.1) is 0 Å². The summed E-state index contributed by atoms with van der Waals surface area (Å²) in [6.07, 6.45) is 0.649. The first-order valence-corrected chi connectivity index (χ1v) is 6.78. The van der Waals surface area contributed by atoms with E-state index in [1.54, 1.807) is 4.90 Å². The Labute approximate surface area is 114 Å². The zero-order valence-electron chi connectivity index (χ0n) is 12.0. The maximum Gasteiger partial charge on any atom is 0.326 e. The first kappa shape index (κ1) is 15.8. The van der Waals surface area contributed by atoms with Crippen molar-refractivity contribution in [1.29, 1.82) is 0 Å². The fraction of sp³-hybridized carbons (Fsp3) is 0.846. The van der Waals surface area contributed by atoms with E-state index in [0.29, 0.717) is 19.5 Å². The third-order valence-electron chi connectivity index (χ3n) is 3.46. The third kappa shape index (κ3) is 4.38. The molecule has 0 aliphatic carbocycles. The van der Waals surface area contributed by atoms with Gasteiger partial charge in [0.05, 0.1) is 12.2 Å². The Morgan fingerprint density at radius 2 is 1.89 bits per heavy atom. The van der Waals surface area contributed by atoms with E-state index < -0.39 is 12.0 Å². The molecule has 0 aromatic rings. The van der Waals surface area contributed by atoms with Crippen molar-refractivity contribution in [1.82, 2.24) is 10.2 Å². The Balaban J connectivity index is 2.63. The van der Waals surface area contributed by atoms with Crippen molar-refractivity contribution in [2.75, 3.05) is 13.1 Å². The molecule has 4 atom stereocenters. The van der Waals surface area contributed by atoms with Crippen LogP contribution in [0.1, 0.15) is 34.1 Å². The summed E-state index contributed by atoms with van der Waals surface area (Å²) in [6, 6.07) is -1.17. The Bertz CT molecular complexity index is 325. The van der Waals surface area contributed by atoms with Gasteiger partial charge in [0.25, 0.3) is 0 Å². The van der Waals surface area contributed by atoms with Gasteiger partial charge in [-0.25, -0.2) is 9.59 Å². The zero-order valence-corrected chi connectivity index (χ0v) is 12.0. The molecule has 1 aliphatic heterocycles. The number of morpholine rings is 1. The summed E-state index contributed by atoms with van der Waals surface area (Å²) in [5.74, 6) is -1.09. The van der Waals surface area contributed by atoms with Gasteiger partial charge < -0.3 is 20.1 Å². The maximum absolute atomic E-state index is 12.1. The topological polar surface area (TPSA) is 78.9 Å². The molecule has 0 bridgehead atoms. The van der Waals surface area contributed by atoms with Crippen LogP contribution in [0.4, 0.5) is 4.79 Å². The number of carboxylic acid groups (broad SMARTS) is 1. The Kier molecular flexibility index (Phi) is 5.60. The second-order valence-electron chi connectivity index (χ2n) is 5.31. The monoisotopic (exact) mass is 272 g/mol. The van der Waals surface area contributed by atoms with Gasteiger partial charge in [0, 0.05) is 13.1 Å². The molecule has 1 fully saturated rings. The number of amides is 2. The van der Waals surface area contributed by atoms with Crippen molar-refractivity contribution in [3.8, 4) is 0 Å². The van der Waals surface area contributed by atoms with Crippen molar-refractivity contribution >= 4 is 12.0 Å². The molecule has 0 saturated carbocycles. The van der Waals surface area contributed by atoms with E-state index in [2.05, 4.69) is 5.32 Å². The number of hydrogen-bond donors (Lipinski definition) is 2. The van der Waals surface area contributed by atoms with Crippen LogP contribution in [0.25, 0.3) is 0 Å². The lowest BCUT2D eigenvalue weighted by atomic mass is 9.99. The minimum Gasteiger partial charge on any atom is -0.480 e. The molecule has 2 N–H and O–H groups in total. The zero-order chi connectivity index (χ0) is 14.6. The first-order chi connectivity index (χ1) is 8.85. The van der Waals surface area contributed by atoms with Gasteiger partial charge in [-0.05, 0) is 19.8 Å². The average Bonchev–Trinajstić information content (AvgIpc) is 2.33. The molecular formula is C13H24N2O4. The Morgan fingerprint density at radius 3 is 2.32 bits per heavy atom. The number of nitrogens with one attached hydrogen (secondary N) is 1. The predicted octanol–water partition coefficient (Wildman–Crippen LogP) is 1.30. The van der Waals surface area contributed by atoms with E-state index in [9.17, 15) is 9.59 Å². The van der Waals surface area contributed by atoms with Gasteiger partial charge >= 0.3 is 12.0 Å². The van der Waals surface area contributed by atoms with Gasteiger partial charge in [0.2, 0.25) is 0 Å². The second kappa shape index (κ2) is 6.75. The quantitative estimate of drug-likeness (QED) is 0.808. The fourth-order valence-electron chi connectivity index (χ4n) is 2.25. The van der Waals surface area contributed by atoms with Crippen LogP contribution in [0.5, 0.6) is 0 Å². The standard InChI is InChI=1S/C13H24N2O4/c1-5-8(2)11(12(16)17)14-13(18)15-6-9(3)19-10(4)7-15/h8-11H,5-7H2,1-4H3,(H,14,18)(H,16,17)/t8-,9?,10?,11-/m0/s1. The first-order valence-electron chi connectivity index (χ1n) is 6.78. The third-order valence-corrected chi connectivity index (χ3v) is 3.46. The van der Waals surface area contributed by atoms with Gasteiger partial charge in [-0.3, -0.25) is 0 Å². The number of aliphatic carboxylic acids is 1. The smallest absolute Gasteiger partial charge is 0.326 e. The summed E-state index contributed by atoms with van der Waals surface area (Å²) >= 11 is 0. The number of carbonyl (C=O) groups is 2. The molecule has 6 nitrogen and oxygen atoms in total. The highest BCUT2D eigenvalue weighted by Crippen LogP contribution is 2.13. The fourth-order valence-corrected chi connectivity index (χ4v) is 2.25. The highest BCUT2D eigenvalue weighted by atomic mass is 16.5. The van der Waals surface area contributed by atoms with Crippen molar-refractivity contribution in [2.24, 2.45) is 5.92 Å². The Morgan fingerprint density at radius 1 is 1.37 bits per heavy atom. The molecule has 1 rings (SSSR count). The van der Waals surface area contributed by atoms with E-state index in [4.69, 9.17) is 9.84 Å². The number of rotatable bonds is 4. The van der Waals surface area contributed by atoms with Crippen LogP contribution in [0.15, 0.2) is 0 Å². The maximum atomic E-state index is 12.1. The number of hydrogen-bond acceptors (Lipinski definition) is 3. The second-order valence-corrected chi connectivity index (χ2v) is 5.31. The van der Waals surface area contributed by atoms with Gasteiger partial charge in [0.1, 0.15) is 6.04 Å². The highest BCUT2D eigenvalue weighted by molar-refractivity contribution is 5.82. The van der Waals surface area contributed by atoms with Crippen LogP contribution in [0, 0.1) is 5.92 Å². The molecule has 0 radical (unpaired) electrons. The largest absolute Gasteiger partial charge is 0.480 e. The molecule has 1 saturated heterocycles. The molecular weight excluding hydrogens is 248 g/mol. The molecule has 2 unspecified atom stereocenters. The van der Waals surface area contributed by atoms with Gasteiger partial charge in [-0.1, -0.05) is 20.3 Å². The summed E-state index contributed by atoms with van der Waals surface area (Å²) < 4.78 is 5.55. The van der Waals surface area contributed by atoms with Crippen molar-refractivity contribution in [2.45, 2.75) is 52.4 Å². The number of nitrogens with zero attached hydrogens (tertiary/aromatic N) is 1. The van der Waals surface area contributed by atoms with Crippen molar-refractivity contribution in [3.05, 3.63) is 0 Å². The summed E-state index contributed by atoms with van der Waals surface area (Å²) in [6.45, 7) is 8.51. The number of carboxylic acids is 1. The van der Waals surface area contributed by atoms with Gasteiger partial charge in [0.15, 0.2) is 0 Å². The van der Waals surface area contributed by atoms with E-state index in [0.717, 1.165) is 0 Å². The Hall–Kier alpha value is -1.30. The molecule has 1 heterocycles. The van der Waals surface area contributed by atoms with E-state index in [1.165, 1.54) is 0 Å². The minimum absolute atomic E-state index is 0.0265. The minimum atomic E-state index is -0.989. The van der Waals surface area contributed by atoms with Crippen LogP contribution in [0.2, 0.25) is 0 Å². The van der Waals surface area contributed by atoms with Crippen LogP contribution in [-0.2, 0) is 9.53 Å². The molecule has 0 aromatic carbocycles. The number of urea groups is 1. The lowest BCUT2D eigenvalue weighted by molar-refractivity contribution is -0.140. The molecule has 110 valence electrons. The van der Waals surface area contributed by atoms with E-state index >= 15 is 0 Å². The highest BCUT2D eigenvalue weighted by Gasteiger charge is 2.30. The lowest BCUT2D eigenvalue weighted by Crippen LogP contribution is -2.55. The van der Waals surface area contributed by atoms with Crippen LogP contribution in [-0.4, -0.2) is 53.3 Å². The van der Waals surface area contributed by atoms with Crippen LogP contribution >= 0.6 is 0 Å². The molecule has 19 heavy (non-hydrogen) atoms. The van der Waals surface area contributed by atoms with Crippen LogP contribution in [0.3, 0.4) is 0 Å². The molecule has 0 spiro atoms. The predicted molar refractivity (Wildman–Crippen MR) is 71.0 cm³/mol. The molecule has 1 aliphatic rings. The lowest BCUT2D eigenvalue weighted by Gasteiger charge is -2.36. The number of carbonyl (C=O) groups excluding carboxylic acids is 1. The van der Waals surface area contributed by atoms with Gasteiger partial charge in [-0.2, -0.15) is 0 Å². The normalized spacial score (nSPS) is 26.6. The molecule has 0 aromatic heterocycles. The molecule has 6 heteroatoms. The van der Waals surface area contributed by atoms with Crippen molar-refractivity contribution < 1.29 is 19.4 Å². The molecule has 2 amide bonds. The van der Waals surface area contributed by atoms with E-state index in [1.807, 2.05) is 27.7 Å². The summed E-state index contributed by atoms with van der Waals surface area (Å²) in [4.78, 5) is 24.9.